The lowest BCUT2D eigenvalue weighted by Crippen LogP contribution is -2.67. The second-order valence-electron chi connectivity index (χ2n) is 11.0. The van der Waals surface area contributed by atoms with Crippen molar-refractivity contribution in [1.29, 1.82) is 0 Å². The number of alkyl halides is 1. The van der Waals surface area contributed by atoms with Crippen LogP contribution in [0.15, 0.2) is 23.8 Å². The molecule has 1 unspecified atom stereocenters. The smallest absolute Gasteiger partial charge is 0.178 e. The van der Waals surface area contributed by atoms with Gasteiger partial charge in [0, 0.05) is 11.3 Å². The lowest BCUT2D eigenvalue weighted by Gasteiger charge is -2.63. The summed E-state index contributed by atoms with van der Waals surface area (Å²) in [5.41, 5.74) is -1.77. The number of unbranched alkanes of at least 4 members (excludes halogenated alkanes) is 2. The number of carbonyl (C=O) groups excluding carboxylic acids is 1. The number of aliphatic hydroxyl groups excluding tert-OH is 1. The number of thioether (sulfide) groups is 2. The number of rotatable bonds is 8. The van der Waals surface area contributed by atoms with Gasteiger partial charge in [-0.15, -0.1) is 23.5 Å². The molecule has 0 saturated heterocycles. The lowest BCUT2D eigenvalue weighted by atomic mass is 9.46. The number of aliphatic hydroxyl groups is 1. The average Bonchev–Trinajstić information content (AvgIpc) is 3.02. The van der Waals surface area contributed by atoms with Crippen molar-refractivity contribution in [3.8, 4) is 0 Å². The quantitative estimate of drug-likeness (QED) is 0.296. The maximum Gasteiger partial charge on any atom is 0.178 e. The van der Waals surface area contributed by atoms with Crippen LogP contribution in [-0.2, 0) is 4.79 Å². The molecule has 32 heavy (non-hydrogen) atoms. The molecule has 0 aliphatic heterocycles. The fourth-order valence-corrected chi connectivity index (χ4v) is 11.4. The molecule has 4 rings (SSSR count). The van der Waals surface area contributed by atoms with Gasteiger partial charge < -0.3 is 5.11 Å². The summed E-state index contributed by atoms with van der Waals surface area (Å²) in [5, 5.41) is 11.6. The van der Waals surface area contributed by atoms with Crippen molar-refractivity contribution in [2.24, 2.45) is 22.7 Å². The van der Waals surface area contributed by atoms with E-state index in [0.717, 1.165) is 42.8 Å². The summed E-state index contributed by atoms with van der Waals surface area (Å²) in [4.78, 5) is 12.0. The highest BCUT2D eigenvalue weighted by Crippen LogP contribution is 2.74. The molecule has 0 aromatic rings. The van der Waals surface area contributed by atoms with Crippen LogP contribution in [0.25, 0.3) is 0 Å². The molecule has 0 spiro atoms. The molecule has 0 aromatic carbocycles. The topological polar surface area (TPSA) is 37.3 Å². The number of allylic oxidation sites excluding steroid dienone is 4. The highest BCUT2D eigenvalue weighted by atomic mass is 32.2. The van der Waals surface area contributed by atoms with Crippen molar-refractivity contribution in [2.45, 2.75) is 101 Å². The van der Waals surface area contributed by atoms with E-state index in [1.165, 1.54) is 31.8 Å². The molecule has 0 amide bonds. The third-order valence-corrected chi connectivity index (χ3v) is 13.3. The lowest BCUT2D eigenvalue weighted by molar-refractivity contribution is -0.189. The van der Waals surface area contributed by atoms with Crippen LogP contribution in [0, 0.1) is 22.7 Å². The molecule has 3 saturated carbocycles. The zero-order valence-electron chi connectivity index (χ0n) is 20.3. The summed E-state index contributed by atoms with van der Waals surface area (Å²) in [6, 6.07) is 0. The van der Waals surface area contributed by atoms with Crippen LogP contribution in [0.2, 0.25) is 0 Å². The molecule has 0 heterocycles. The van der Waals surface area contributed by atoms with Crippen molar-refractivity contribution < 1.29 is 14.3 Å². The summed E-state index contributed by atoms with van der Waals surface area (Å²) in [5.74, 6) is 2.37. The Bertz CT molecular complexity index is 785. The summed E-state index contributed by atoms with van der Waals surface area (Å²) in [6.45, 7) is 8.79. The highest BCUT2D eigenvalue weighted by molar-refractivity contribution is 8.18. The van der Waals surface area contributed by atoms with Crippen LogP contribution in [0.1, 0.15) is 85.5 Å². The predicted octanol–water partition coefficient (Wildman–Crippen LogP) is 7.12. The van der Waals surface area contributed by atoms with Crippen molar-refractivity contribution in [3.63, 3.8) is 0 Å². The normalized spacial score (nSPS) is 42.2. The van der Waals surface area contributed by atoms with Gasteiger partial charge in [-0.25, -0.2) is 4.39 Å². The van der Waals surface area contributed by atoms with Gasteiger partial charge in [-0.2, -0.15) is 0 Å². The van der Waals surface area contributed by atoms with Crippen LogP contribution >= 0.6 is 23.5 Å². The van der Waals surface area contributed by atoms with E-state index in [2.05, 4.69) is 44.3 Å². The molecule has 6 atom stereocenters. The number of hydrogen-bond donors (Lipinski definition) is 1. The van der Waals surface area contributed by atoms with Gasteiger partial charge in [0.15, 0.2) is 11.5 Å². The molecule has 0 radical (unpaired) electrons. The first-order valence-corrected chi connectivity index (χ1v) is 14.7. The second kappa shape index (κ2) is 9.07. The second-order valence-corrected chi connectivity index (χ2v) is 14.0. The number of fused-ring (bicyclic) bond motifs is 5. The monoisotopic (exact) mass is 480 g/mol. The maximum absolute atomic E-state index is 17.3. The van der Waals surface area contributed by atoms with Crippen molar-refractivity contribution in [1.82, 2.24) is 0 Å². The minimum absolute atomic E-state index is 0.0470. The molecule has 180 valence electrons. The molecule has 0 bridgehead atoms. The highest BCUT2D eigenvalue weighted by Gasteiger charge is 2.73. The zero-order chi connectivity index (χ0) is 23.2. The summed E-state index contributed by atoms with van der Waals surface area (Å²) < 4.78 is 17.3. The minimum atomic E-state index is -1.70. The molecule has 4 aliphatic carbocycles. The Labute approximate surface area is 202 Å². The Morgan fingerprint density at radius 3 is 2.38 bits per heavy atom. The number of hydrogen-bond acceptors (Lipinski definition) is 4. The van der Waals surface area contributed by atoms with E-state index in [-0.39, 0.29) is 27.1 Å². The van der Waals surface area contributed by atoms with Gasteiger partial charge in [0.2, 0.25) is 0 Å². The van der Waals surface area contributed by atoms with Crippen molar-refractivity contribution in [2.75, 3.05) is 11.5 Å². The zero-order valence-corrected chi connectivity index (χ0v) is 21.9. The number of halogens is 1. The molecule has 1 N–H and O–H groups in total. The van der Waals surface area contributed by atoms with Crippen molar-refractivity contribution in [3.05, 3.63) is 23.8 Å². The summed E-state index contributed by atoms with van der Waals surface area (Å²) in [7, 11) is 0. The molecule has 0 aromatic heterocycles. The van der Waals surface area contributed by atoms with Gasteiger partial charge in [-0.05, 0) is 86.9 Å². The fraction of sp³-hybridized carbons (Fsp3) is 0.815. The van der Waals surface area contributed by atoms with E-state index in [4.69, 9.17) is 0 Å². The van der Waals surface area contributed by atoms with Crippen molar-refractivity contribution >= 4 is 29.3 Å². The van der Waals surface area contributed by atoms with Crippen LogP contribution in [0.3, 0.4) is 0 Å². The van der Waals surface area contributed by atoms with Crippen LogP contribution in [-0.4, -0.2) is 38.2 Å². The molecule has 4 aliphatic rings. The van der Waals surface area contributed by atoms with Gasteiger partial charge in [0.05, 0.1) is 10.2 Å². The van der Waals surface area contributed by atoms with Gasteiger partial charge in [0.1, 0.15) is 0 Å². The average molecular weight is 481 g/mol. The Balaban J connectivity index is 1.70. The van der Waals surface area contributed by atoms with Crippen LogP contribution < -0.4 is 0 Å². The number of ketones is 1. The largest absolute Gasteiger partial charge is 0.390 e. The third kappa shape index (κ3) is 3.50. The Hall–Kier alpha value is -0.260. The first kappa shape index (κ1) is 24.9. The Kier molecular flexibility index (Phi) is 7.05. The fourth-order valence-electron chi connectivity index (χ4n) is 7.44. The first-order chi connectivity index (χ1) is 15.2. The van der Waals surface area contributed by atoms with Gasteiger partial charge in [-0.1, -0.05) is 45.3 Å². The molecular weight excluding hydrogens is 439 g/mol. The van der Waals surface area contributed by atoms with E-state index in [1.54, 1.807) is 12.2 Å². The van der Waals surface area contributed by atoms with Gasteiger partial charge >= 0.3 is 0 Å². The number of carbonyl (C=O) groups is 1. The van der Waals surface area contributed by atoms with E-state index >= 15 is 4.39 Å². The molecular formula is C27H41FO2S2. The standard InChI is InChI=1S/C27H41FO2S2/c1-5-7-15-31-26(32-16-8-6-2)14-12-21-22-10-9-19-17-20(29)11-13-24(19,3)27(22,28)23(30)18-25(21,26)4/h11,13,17,21-23,30H,5-10,12,14-16,18H2,1-4H3/t21-,22-,23-,24-,25-,27?/m0/s1. The first-order valence-electron chi connectivity index (χ1n) is 12.8. The minimum Gasteiger partial charge on any atom is -0.390 e. The molecule has 2 nitrogen and oxygen atoms in total. The van der Waals surface area contributed by atoms with E-state index in [0.29, 0.717) is 6.42 Å². The van der Waals surface area contributed by atoms with Crippen LogP contribution in [0.4, 0.5) is 4.39 Å². The molecule has 3 fully saturated rings. The third-order valence-electron chi connectivity index (χ3n) is 9.35. The van der Waals surface area contributed by atoms with E-state index in [9.17, 15) is 9.90 Å². The predicted molar refractivity (Wildman–Crippen MR) is 136 cm³/mol. The Morgan fingerprint density at radius 2 is 1.75 bits per heavy atom. The van der Waals surface area contributed by atoms with Crippen LogP contribution in [0.5, 0.6) is 0 Å². The van der Waals surface area contributed by atoms with Gasteiger partial charge in [0.25, 0.3) is 0 Å². The summed E-state index contributed by atoms with van der Waals surface area (Å²) >= 11 is 4.23. The molecule has 5 heteroatoms. The van der Waals surface area contributed by atoms with E-state index in [1.807, 2.05) is 6.92 Å². The SMILES string of the molecule is CCCCSC1(SCCCC)CC[C@H]2[C@@H]3CCC4=CC(=O)C=C[C@]4(C)C3(F)[C@@H](O)C[C@@]21C. The summed E-state index contributed by atoms with van der Waals surface area (Å²) in [6.07, 6.45) is 12.9. The van der Waals surface area contributed by atoms with E-state index < -0.39 is 17.2 Å². The maximum atomic E-state index is 17.3. The van der Waals surface area contributed by atoms with Gasteiger partial charge in [-0.3, -0.25) is 4.79 Å². The Morgan fingerprint density at radius 1 is 1.09 bits per heavy atom.